The predicted molar refractivity (Wildman–Crippen MR) is 73.4 cm³/mol. The van der Waals surface area contributed by atoms with Gasteiger partial charge < -0.3 is 9.88 Å². The Hall–Kier alpha value is -1.62. The molecular formula is C13H14BrN3O. The maximum Gasteiger partial charge on any atom is 0.252 e. The fourth-order valence-electron chi connectivity index (χ4n) is 1.62. The third-order valence-electron chi connectivity index (χ3n) is 2.58. The van der Waals surface area contributed by atoms with E-state index in [2.05, 4.69) is 26.2 Å². The van der Waals surface area contributed by atoms with Crippen LogP contribution in [0.2, 0.25) is 0 Å². The van der Waals surface area contributed by atoms with E-state index in [-0.39, 0.29) is 5.91 Å². The van der Waals surface area contributed by atoms with Crippen LogP contribution >= 0.6 is 15.9 Å². The SMILES string of the molecule is Cc1ccc(C(=O)NCCn2ccnc2)c(Br)c1. The summed E-state index contributed by atoms with van der Waals surface area (Å²) in [4.78, 5) is 15.9. The maximum absolute atomic E-state index is 11.9. The summed E-state index contributed by atoms with van der Waals surface area (Å²) < 4.78 is 2.74. The molecule has 0 radical (unpaired) electrons. The summed E-state index contributed by atoms with van der Waals surface area (Å²) in [6.45, 7) is 3.29. The summed E-state index contributed by atoms with van der Waals surface area (Å²) in [6, 6.07) is 5.69. The number of carbonyl (C=O) groups excluding carboxylic acids is 1. The van der Waals surface area contributed by atoms with Gasteiger partial charge in [0.2, 0.25) is 0 Å². The van der Waals surface area contributed by atoms with E-state index in [1.165, 1.54) is 0 Å². The maximum atomic E-state index is 11.9. The molecule has 2 aromatic rings. The van der Waals surface area contributed by atoms with Crippen LogP contribution in [0.25, 0.3) is 0 Å². The van der Waals surface area contributed by atoms with Crippen LogP contribution in [-0.4, -0.2) is 22.0 Å². The zero-order valence-electron chi connectivity index (χ0n) is 10.1. The number of hydrogen-bond acceptors (Lipinski definition) is 2. The van der Waals surface area contributed by atoms with Crippen molar-refractivity contribution in [3.8, 4) is 0 Å². The van der Waals surface area contributed by atoms with Gasteiger partial charge >= 0.3 is 0 Å². The zero-order valence-corrected chi connectivity index (χ0v) is 11.6. The lowest BCUT2D eigenvalue weighted by atomic mass is 10.1. The van der Waals surface area contributed by atoms with Gasteiger partial charge in [-0.3, -0.25) is 4.79 Å². The van der Waals surface area contributed by atoms with Gasteiger partial charge in [0.15, 0.2) is 0 Å². The molecular weight excluding hydrogens is 294 g/mol. The van der Waals surface area contributed by atoms with E-state index in [0.717, 1.165) is 16.6 Å². The Kier molecular flexibility index (Phi) is 4.15. The van der Waals surface area contributed by atoms with Gasteiger partial charge in [-0.1, -0.05) is 6.07 Å². The molecule has 1 heterocycles. The standard InChI is InChI=1S/C13H14BrN3O/c1-10-2-3-11(12(14)8-10)13(18)16-5-7-17-6-4-15-9-17/h2-4,6,8-9H,5,7H2,1H3,(H,16,18). The number of carbonyl (C=O) groups is 1. The Bertz CT molecular complexity index is 537. The number of hydrogen-bond donors (Lipinski definition) is 1. The van der Waals surface area contributed by atoms with Gasteiger partial charge in [-0.05, 0) is 40.5 Å². The molecule has 0 aliphatic carbocycles. The third-order valence-corrected chi connectivity index (χ3v) is 3.24. The molecule has 5 heteroatoms. The number of nitrogens with one attached hydrogen (secondary N) is 1. The molecule has 1 N–H and O–H groups in total. The zero-order chi connectivity index (χ0) is 13.0. The number of imidazole rings is 1. The van der Waals surface area contributed by atoms with Crippen LogP contribution in [-0.2, 0) is 6.54 Å². The van der Waals surface area contributed by atoms with E-state index in [1.807, 2.05) is 35.9 Å². The number of rotatable bonds is 4. The molecule has 1 amide bonds. The molecule has 0 atom stereocenters. The van der Waals surface area contributed by atoms with Crippen LogP contribution in [0.5, 0.6) is 0 Å². The van der Waals surface area contributed by atoms with Crippen molar-refractivity contribution in [2.24, 2.45) is 0 Å². The number of halogens is 1. The fraction of sp³-hybridized carbons (Fsp3) is 0.231. The molecule has 1 aromatic carbocycles. The van der Waals surface area contributed by atoms with Gasteiger partial charge in [0, 0.05) is 30.0 Å². The number of aromatic nitrogens is 2. The number of amides is 1. The van der Waals surface area contributed by atoms with Crippen LogP contribution in [0.1, 0.15) is 15.9 Å². The van der Waals surface area contributed by atoms with Gasteiger partial charge in [-0.2, -0.15) is 0 Å². The highest BCUT2D eigenvalue weighted by atomic mass is 79.9. The first-order valence-corrected chi connectivity index (χ1v) is 6.46. The molecule has 94 valence electrons. The minimum atomic E-state index is -0.0676. The van der Waals surface area contributed by atoms with Crippen LogP contribution in [0.4, 0.5) is 0 Å². The van der Waals surface area contributed by atoms with E-state index in [4.69, 9.17) is 0 Å². The van der Waals surface area contributed by atoms with Crippen LogP contribution in [0, 0.1) is 6.92 Å². The van der Waals surface area contributed by atoms with E-state index >= 15 is 0 Å². The number of aryl methyl sites for hydroxylation is 1. The van der Waals surface area contributed by atoms with Gasteiger partial charge in [0.05, 0.1) is 11.9 Å². The summed E-state index contributed by atoms with van der Waals surface area (Å²) in [5.74, 6) is -0.0676. The van der Waals surface area contributed by atoms with Crippen molar-refractivity contribution in [2.75, 3.05) is 6.54 Å². The van der Waals surface area contributed by atoms with Crippen LogP contribution in [0.3, 0.4) is 0 Å². The molecule has 0 fully saturated rings. The molecule has 4 nitrogen and oxygen atoms in total. The largest absolute Gasteiger partial charge is 0.350 e. The van der Waals surface area contributed by atoms with E-state index in [9.17, 15) is 4.79 Å². The number of nitrogens with zero attached hydrogens (tertiary/aromatic N) is 2. The van der Waals surface area contributed by atoms with Crippen molar-refractivity contribution in [1.29, 1.82) is 0 Å². The highest BCUT2D eigenvalue weighted by Crippen LogP contribution is 2.17. The predicted octanol–water partition coefficient (Wildman–Crippen LogP) is 2.38. The topological polar surface area (TPSA) is 46.9 Å². The normalized spacial score (nSPS) is 10.3. The first kappa shape index (κ1) is 12.8. The van der Waals surface area contributed by atoms with E-state index in [1.54, 1.807) is 12.5 Å². The smallest absolute Gasteiger partial charge is 0.252 e. The van der Waals surface area contributed by atoms with Crippen molar-refractivity contribution in [1.82, 2.24) is 14.9 Å². The average molecular weight is 308 g/mol. The molecule has 0 bridgehead atoms. The summed E-state index contributed by atoms with van der Waals surface area (Å²) in [6.07, 6.45) is 5.32. The third kappa shape index (κ3) is 3.20. The summed E-state index contributed by atoms with van der Waals surface area (Å²) in [5, 5.41) is 2.88. The Morgan fingerprint density at radius 3 is 3.00 bits per heavy atom. The highest BCUT2D eigenvalue weighted by molar-refractivity contribution is 9.10. The van der Waals surface area contributed by atoms with Crippen LogP contribution < -0.4 is 5.32 Å². The Labute approximate surface area is 114 Å². The fourth-order valence-corrected chi connectivity index (χ4v) is 2.29. The lowest BCUT2D eigenvalue weighted by molar-refractivity contribution is 0.0951. The molecule has 2 rings (SSSR count). The second-order valence-electron chi connectivity index (χ2n) is 4.04. The van der Waals surface area contributed by atoms with Crippen LogP contribution in [0.15, 0.2) is 41.4 Å². The van der Waals surface area contributed by atoms with Gasteiger partial charge in [-0.25, -0.2) is 4.98 Å². The van der Waals surface area contributed by atoms with Crippen molar-refractivity contribution < 1.29 is 4.79 Å². The second-order valence-corrected chi connectivity index (χ2v) is 4.89. The Morgan fingerprint density at radius 2 is 2.33 bits per heavy atom. The minimum absolute atomic E-state index is 0.0676. The molecule has 0 saturated heterocycles. The minimum Gasteiger partial charge on any atom is -0.350 e. The lowest BCUT2D eigenvalue weighted by Crippen LogP contribution is -2.27. The van der Waals surface area contributed by atoms with Gasteiger partial charge in [0.25, 0.3) is 5.91 Å². The highest BCUT2D eigenvalue weighted by Gasteiger charge is 2.08. The molecule has 0 aliphatic heterocycles. The molecule has 0 unspecified atom stereocenters. The number of benzene rings is 1. The molecule has 18 heavy (non-hydrogen) atoms. The van der Waals surface area contributed by atoms with Gasteiger partial charge in [0.1, 0.15) is 0 Å². The first-order valence-electron chi connectivity index (χ1n) is 5.67. The van der Waals surface area contributed by atoms with Crippen molar-refractivity contribution in [3.05, 3.63) is 52.5 Å². The average Bonchev–Trinajstić information content (AvgIpc) is 2.81. The summed E-state index contributed by atoms with van der Waals surface area (Å²) >= 11 is 3.40. The summed E-state index contributed by atoms with van der Waals surface area (Å²) in [7, 11) is 0. The van der Waals surface area contributed by atoms with Crippen molar-refractivity contribution in [3.63, 3.8) is 0 Å². The molecule has 0 aliphatic rings. The van der Waals surface area contributed by atoms with Crippen molar-refractivity contribution >= 4 is 21.8 Å². The van der Waals surface area contributed by atoms with Crippen molar-refractivity contribution in [2.45, 2.75) is 13.5 Å². The lowest BCUT2D eigenvalue weighted by Gasteiger charge is -2.08. The summed E-state index contributed by atoms with van der Waals surface area (Å²) in [5.41, 5.74) is 1.78. The Morgan fingerprint density at radius 1 is 1.50 bits per heavy atom. The van der Waals surface area contributed by atoms with E-state index < -0.39 is 0 Å². The molecule has 1 aromatic heterocycles. The monoisotopic (exact) mass is 307 g/mol. The molecule has 0 spiro atoms. The molecule has 0 saturated carbocycles. The first-order chi connectivity index (χ1) is 8.66. The van der Waals surface area contributed by atoms with Gasteiger partial charge in [-0.15, -0.1) is 0 Å². The Balaban J connectivity index is 1.91. The van der Waals surface area contributed by atoms with E-state index in [0.29, 0.717) is 12.1 Å². The quantitative estimate of drug-likeness (QED) is 0.942. The second kappa shape index (κ2) is 5.82.